The van der Waals surface area contributed by atoms with Crippen molar-refractivity contribution in [2.45, 2.75) is 52.6 Å². The lowest BCUT2D eigenvalue weighted by atomic mass is 9.92. The molecule has 2 aliphatic heterocycles. The van der Waals surface area contributed by atoms with E-state index in [0.29, 0.717) is 23.7 Å². The van der Waals surface area contributed by atoms with E-state index in [4.69, 9.17) is 9.73 Å². The minimum Gasteiger partial charge on any atom is -0.463 e. The number of benzene rings is 1. The van der Waals surface area contributed by atoms with Crippen molar-refractivity contribution in [2.75, 3.05) is 6.61 Å². The topological polar surface area (TPSA) is 83.9 Å². The first-order valence-corrected chi connectivity index (χ1v) is 12.6. The Morgan fingerprint density at radius 3 is 2.51 bits per heavy atom. The molecule has 4 rings (SSSR count). The van der Waals surface area contributed by atoms with Gasteiger partial charge in [-0.3, -0.25) is 9.78 Å². The molecule has 0 saturated heterocycles. The molecule has 1 aromatic carbocycles. The molecule has 7 nitrogen and oxygen atoms in total. The number of aromatic nitrogens is 1. The van der Waals surface area contributed by atoms with Gasteiger partial charge in [0.05, 0.1) is 30.3 Å². The number of ether oxygens (including phenoxy) is 1. The predicted octanol–water partition coefficient (Wildman–Crippen LogP) is 5.05. The zero-order valence-electron chi connectivity index (χ0n) is 20.4. The van der Waals surface area contributed by atoms with Crippen molar-refractivity contribution < 1.29 is 14.3 Å². The molecule has 1 atom stereocenters. The largest absolute Gasteiger partial charge is 0.463 e. The van der Waals surface area contributed by atoms with Gasteiger partial charge in [-0.25, -0.2) is 9.79 Å². The highest BCUT2D eigenvalue weighted by molar-refractivity contribution is 8.16. The Bertz CT molecular complexity index is 1190. The van der Waals surface area contributed by atoms with Crippen LogP contribution in [0.15, 0.2) is 76.2 Å². The highest BCUT2D eigenvalue weighted by atomic mass is 32.2. The van der Waals surface area contributed by atoms with Crippen LogP contribution in [0, 0.1) is 0 Å². The van der Waals surface area contributed by atoms with Gasteiger partial charge < -0.3 is 15.0 Å². The molecular formula is C27H30N4O3S. The van der Waals surface area contributed by atoms with Gasteiger partial charge in [0.2, 0.25) is 5.91 Å². The molecule has 2 aromatic rings. The number of esters is 1. The second-order valence-corrected chi connectivity index (χ2v) is 9.58. The molecule has 0 radical (unpaired) electrons. The summed E-state index contributed by atoms with van der Waals surface area (Å²) in [5.74, 6) is -0.0897. The first-order valence-electron chi connectivity index (χ1n) is 11.8. The lowest BCUT2D eigenvalue weighted by Crippen LogP contribution is -2.38. The van der Waals surface area contributed by atoms with E-state index < -0.39 is 6.04 Å². The summed E-state index contributed by atoms with van der Waals surface area (Å²) in [6, 6.07) is 11.6. The summed E-state index contributed by atoms with van der Waals surface area (Å²) in [6.07, 6.45) is 3.58. The lowest BCUT2D eigenvalue weighted by Gasteiger charge is -2.36. The summed E-state index contributed by atoms with van der Waals surface area (Å²) in [6.45, 7) is 8.64. The molecule has 1 N–H and O–H groups in total. The van der Waals surface area contributed by atoms with Gasteiger partial charge in [0.15, 0.2) is 5.17 Å². The summed E-state index contributed by atoms with van der Waals surface area (Å²) in [7, 11) is 0. The quantitative estimate of drug-likeness (QED) is 0.522. The maximum Gasteiger partial charge on any atom is 0.338 e. The van der Waals surface area contributed by atoms with E-state index >= 15 is 0 Å². The Hall–Kier alpha value is -3.39. The summed E-state index contributed by atoms with van der Waals surface area (Å²) >= 11 is 1.47. The van der Waals surface area contributed by atoms with Gasteiger partial charge in [-0.15, -0.1) is 0 Å². The minimum absolute atomic E-state index is 0.104. The SMILES string of the molecule is CCOC(=O)C1=C(C)N=C2SC=C(CC(=O)NCc3ccncc3)N2[C@H]1c1ccc(C(C)C)cc1. The Balaban J connectivity index is 1.62. The standard InChI is InChI=1S/C27H30N4O3S/c1-5-34-26(33)24-18(4)30-27-31(25(24)21-8-6-20(7-9-21)17(2)3)22(16-35-27)14-23(32)29-15-19-10-12-28-13-11-19/h6-13,16-17,25H,5,14-15H2,1-4H3,(H,29,32)/t25-/m0/s1. The van der Waals surface area contributed by atoms with Crippen molar-refractivity contribution in [3.63, 3.8) is 0 Å². The Morgan fingerprint density at radius 2 is 1.86 bits per heavy atom. The molecule has 1 amide bonds. The third kappa shape index (κ3) is 5.48. The molecule has 8 heteroatoms. The van der Waals surface area contributed by atoms with Crippen molar-refractivity contribution in [3.05, 3.63) is 87.9 Å². The van der Waals surface area contributed by atoms with Gasteiger partial charge >= 0.3 is 5.97 Å². The Morgan fingerprint density at radius 1 is 1.14 bits per heavy atom. The van der Waals surface area contributed by atoms with Crippen LogP contribution in [0.3, 0.4) is 0 Å². The number of amides is 1. The summed E-state index contributed by atoms with van der Waals surface area (Å²) in [4.78, 5) is 36.6. The average molecular weight is 491 g/mol. The zero-order valence-corrected chi connectivity index (χ0v) is 21.3. The van der Waals surface area contributed by atoms with E-state index in [1.54, 1.807) is 19.3 Å². The Labute approximate surface area is 210 Å². The van der Waals surface area contributed by atoms with E-state index in [0.717, 1.165) is 22.0 Å². The molecule has 0 bridgehead atoms. The monoisotopic (exact) mass is 490 g/mol. The van der Waals surface area contributed by atoms with Crippen molar-refractivity contribution in [3.8, 4) is 0 Å². The fraction of sp³-hybridized carbons (Fsp3) is 0.333. The third-order valence-electron chi connectivity index (χ3n) is 6.00. The number of thioether (sulfide) groups is 1. The maximum atomic E-state index is 13.1. The van der Waals surface area contributed by atoms with Crippen LogP contribution in [0.2, 0.25) is 0 Å². The van der Waals surface area contributed by atoms with Crippen molar-refractivity contribution in [2.24, 2.45) is 4.99 Å². The van der Waals surface area contributed by atoms with Crippen LogP contribution < -0.4 is 5.32 Å². The second-order valence-electron chi connectivity index (χ2n) is 8.74. The van der Waals surface area contributed by atoms with Crippen LogP contribution in [0.5, 0.6) is 0 Å². The number of allylic oxidation sites excluding steroid dienone is 1. The summed E-state index contributed by atoms with van der Waals surface area (Å²) < 4.78 is 5.41. The first-order chi connectivity index (χ1) is 16.9. The van der Waals surface area contributed by atoms with E-state index in [-0.39, 0.29) is 24.9 Å². The highest BCUT2D eigenvalue weighted by Crippen LogP contribution is 2.45. The van der Waals surface area contributed by atoms with Gasteiger partial charge in [0.25, 0.3) is 0 Å². The van der Waals surface area contributed by atoms with E-state index in [2.05, 4.69) is 48.4 Å². The van der Waals surface area contributed by atoms with Gasteiger partial charge in [0, 0.05) is 24.6 Å². The molecule has 0 fully saturated rings. The first kappa shape index (κ1) is 24.7. The number of amidine groups is 1. The number of carbonyl (C=O) groups excluding carboxylic acids is 2. The van der Waals surface area contributed by atoms with Crippen LogP contribution in [-0.2, 0) is 20.9 Å². The molecule has 0 aliphatic carbocycles. The van der Waals surface area contributed by atoms with E-state index in [9.17, 15) is 9.59 Å². The highest BCUT2D eigenvalue weighted by Gasteiger charge is 2.41. The fourth-order valence-corrected chi connectivity index (χ4v) is 5.11. The molecule has 35 heavy (non-hydrogen) atoms. The predicted molar refractivity (Wildman–Crippen MR) is 138 cm³/mol. The number of carbonyl (C=O) groups is 2. The number of hydrogen-bond donors (Lipinski definition) is 1. The summed E-state index contributed by atoms with van der Waals surface area (Å²) in [5.41, 5.74) is 5.09. The van der Waals surface area contributed by atoms with Gasteiger partial charge in [-0.2, -0.15) is 0 Å². The number of hydrogen-bond acceptors (Lipinski definition) is 7. The van der Waals surface area contributed by atoms with Gasteiger partial charge in [0.1, 0.15) is 0 Å². The number of rotatable bonds is 8. The molecule has 0 unspecified atom stereocenters. The molecule has 0 spiro atoms. The molecule has 3 heterocycles. The lowest BCUT2D eigenvalue weighted by molar-refractivity contribution is -0.139. The van der Waals surface area contributed by atoms with Crippen molar-refractivity contribution in [1.29, 1.82) is 0 Å². The van der Waals surface area contributed by atoms with Crippen molar-refractivity contribution >= 4 is 28.8 Å². The number of aliphatic imine (C=N–C) groups is 1. The Kier molecular flexibility index (Phi) is 7.70. The van der Waals surface area contributed by atoms with Crippen LogP contribution in [0.25, 0.3) is 0 Å². The van der Waals surface area contributed by atoms with E-state index in [1.165, 1.54) is 17.3 Å². The zero-order chi connectivity index (χ0) is 24.9. The van der Waals surface area contributed by atoms with Gasteiger partial charge in [-0.05, 0) is 54.0 Å². The summed E-state index contributed by atoms with van der Waals surface area (Å²) in [5, 5.41) is 5.67. The number of fused-ring (bicyclic) bond motifs is 1. The molecule has 2 aliphatic rings. The minimum atomic E-state index is -0.419. The molecule has 0 saturated carbocycles. The van der Waals surface area contributed by atoms with Crippen LogP contribution in [0.4, 0.5) is 0 Å². The molecular weight excluding hydrogens is 460 g/mol. The van der Waals surface area contributed by atoms with E-state index in [1.807, 2.05) is 29.4 Å². The number of nitrogens with one attached hydrogen (secondary N) is 1. The maximum absolute atomic E-state index is 13.1. The molecule has 182 valence electrons. The third-order valence-corrected chi connectivity index (χ3v) is 6.88. The number of pyridine rings is 1. The number of nitrogens with zero attached hydrogens (tertiary/aromatic N) is 3. The van der Waals surface area contributed by atoms with Crippen molar-refractivity contribution in [1.82, 2.24) is 15.2 Å². The fourth-order valence-electron chi connectivity index (χ4n) is 4.15. The second kappa shape index (κ2) is 10.9. The van der Waals surface area contributed by atoms with Crippen LogP contribution in [0.1, 0.15) is 62.8 Å². The van der Waals surface area contributed by atoms with Crippen LogP contribution in [-0.4, -0.2) is 33.5 Å². The average Bonchev–Trinajstić information content (AvgIpc) is 3.24. The van der Waals surface area contributed by atoms with Gasteiger partial charge in [-0.1, -0.05) is 49.9 Å². The smallest absolute Gasteiger partial charge is 0.338 e. The normalized spacial score (nSPS) is 17.2. The molecule has 1 aromatic heterocycles. The van der Waals surface area contributed by atoms with Crippen LogP contribution >= 0.6 is 11.8 Å².